The molecule has 1 N–H and O–H groups in total. The van der Waals surface area contributed by atoms with Gasteiger partial charge in [-0.15, -0.1) is 10.2 Å². The monoisotopic (exact) mass is 527 g/mol. The van der Waals surface area contributed by atoms with Crippen LogP contribution in [0.5, 0.6) is 5.75 Å². The van der Waals surface area contributed by atoms with Crippen LogP contribution in [-0.2, 0) is 11.4 Å². The van der Waals surface area contributed by atoms with Crippen molar-refractivity contribution in [3.05, 3.63) is 114 Å². The van der Waals surface area contributed by atoms with E-state index in [1.54, 1.807) is 18.3 Å². The molecule has 0 atom stereocenters. The first-order valence-electron chi connectivity index (χ1n) is 11.5. The van der Waals surface area contributed by atoms with E-state index >= 15 is 0 Å². The summed E-state index contributed by atoms with van der Waals surface area (Å²) < 4.78 is 7.68. The number of aromatic nitrogens is 4. The molecular formula is C28H22ClN5O2S. The minimum absolute atomic E-state index is 0.153. The number of pyridine rings is 1. The number of benzene rings is 3. The quantitative estimate of drug-likeness (QED) is 0.227. The maximum absolute atomic E-state index is 12.7. The molecule has 7 nitrogen and oxygen atoms in total. The van der Waals surface area contributed by atoms with Gasteiger partial charge in [0.25, 0.3) is 0 Å². The highest BCUT2D eigenvalue weighted by atomic mass is 35.5. The van der Waals surface area contributed by atoms with Crippen LogP contribution in [0.25, 0.3) is 17.2 Å². The number of hydrogen-bond donors (Lipinski definition) is 1. The Morgan fingerprint density at radius 1 is 0.892 bits per heavy atom. The van der Waals surface area contributed by atoms with Gasteiger partial charge in [0, 0.05) is 22.6 Å². The molecule has 0 fully saturated rings. The number of rotatable bonds is 9. The van der Waals surface area contributed by atoms with Crippen molar-refractivity contribution in [1.29, 1.82) is 0 Å². The molecule has 0 bridgehead atoms. The first-order chi connectivity index (χ1) is 18.2. The second kappa shape index (κ2) is 11.7. The van der Waals surface area contributed by atoms with Crippen LogP contribution in [0.15, 0.2) is 108 Å². The van der Waals surface area contributed by atoms with E-state index in [0.29, 0.717) is 34.0 Å². The van der Waals surface area contributed by atoms with Crippen molar-refractivity contribution < 1.29 is 9.53 Å². The van der Waals surface area contributed by atoms with Gasteiger partial charge in [0.05, 0.1) is 5.75 Å². The topological polar surface area (TPSA) is 81.9 Å². The molecule has 0 aliphatic rings. The first-order valence-corrected chi connectivity index (χ1v) is 12.8. The summed E-state index contributed by atoms with van der Waals surface area (Å²) in [7, 11) is 0. The van der Waals surface area contributed by atoms with Crippen LogP contribution in [-0.4, -0.2) is 31.4 Å². The van der Waals surface area contributed by atoms with Gasteiger partial charge in [-0.1, -0.05) is 59.8 Å². The van der Waals surface area contributed by atoms with E-state index in [9.17, 15) is 4.79 Å². The largest absolute Gasteiger partial charge is 0.489 e. The number of anilines is 1. The number of nitrogens with zero attached hydrogens (tertiary/aromatic N) is 4. The molecule has 2 aromatic heterocycles. The van der Waals surface area contributed by atoms with E-state index in [2.05, 4.69) is 20.5 Å². The van der Waals surface area contributed by atoms with E-state index in [1.807, 2.05) is 89.5 Å². The van der Waals surface area contributed by atoms with E-state index in [-0.39, 0.29) is 11.7 Å². The molecule has 0 saturated heterocycles. The fourth-order valence-corrected chi connectivity index (χ4v) is 4.43. The van der Waals surface area contributed by atoms with Crippen LogP contribution in [0.4, 0.5) is 5.69 Å². The summed E-state index contributed by atoms with van der Waals surface area (Å²) in [5.74, 6) is 1.31. The summed E-state index contributed by atoms with van der Waals surface area (Å²) in [6, 6.07) is 30.2. The van der Waals surface area contributed by atoms with Crippen LogP contribution in [0.1, 0.15) is 5.56 Å². The van der Waals surface area contributed by atoms with Crippen molar-refractivity contribution >= 4 is 35.0 Å². The van der Waals surface area contributed by atoms with E-state index in [1.165, 1.54) is 11.8 Å². The van der Waals surface area contributed by atoms with Crippen molar-refractivity contribution in [1.82, 2.24) is 19.7 Å². The molecule has 0 saturated carbocycles. The van der Waals surface area contributed by atoms with Crippen molar-refractivity contribution in [3.63, 3.8) is 0 Å². The summed E-state index contributed by atoms with van der Waals surface area (Å²) in [6.07, 6.45) is 1.70. The van der Waals surface area contributed by atoms with Gasteiger partial charge in [0.2, 0.25) is 5.91 Å². The Hall–Kier alpha value is -4.14. The summed E-state index contributed by atoms with van der Waals surface area (Å²) in [6.45, 7) is 0.484. The van der Waals surface area contributed by atoms with Crippen LogP contribution < -0.4 is 10.1 Å². The lowest BCUT2D eigenvalue weighted by atomic mass is 10.2. The fraction of sp³-hybridized carbons (Fsp3) is 0.0714. The normalized spacial score (nSPS) is 10.7. The Morgan fingerprint density at radius 2 is 1.65 bits per heavy atom. The highest BCUT2D eigenvalue weighted by molar-refractivity contribution is 7.99. The van der Waals surface area contributed by atoms with Gasteiger partial charge in [-0.05, 0) is 66.2 Å². The van der Waals surface area contributed by atoms with Gasteiger partial charge in [-0.25, -0.2) is 0 Å². The number of carbonyl (C=O) groups is 1. The van der Waals surface area contributed by atoms with Crippen molar-refractivity contribution in [3.8, 4) is 23.0 Å². The number of thioether (sulfide) groups is 1. The minimum Gasteiger partial charge on any atom is -0.489 e. The molecule has 0 aliphatic carbocycles. The molecule has 2 heterocycles. The third-order valence-electron chi connectivity index (χ3n) is 5.33. The second-order valence-corrected chi connectivity index (χ2v) is 9.35. The SMILES string of the molecule is O=C(CSc1nnc(-c2ccccn2)n1-c1ccc(Cl)cc1)Nc1ccc(OCc2ccccc2)cc1. The average molecular weight is 528 g/mol. The molecule has 1 amide bonds. The maximum atomic E-state index is 12.7. The Balaban J connectivity index is 1.24. The Labute approximate surface area is 223 Å². The Morgan fingerprint density at radius 3 is 2.38 bits per heavy atom. The third-order valence-corrected chi connectivity index (χ3v) is 6.51. The number of halogens is 1. The van der Waals surface area contributed by atoms with Gasteiger partial charge in [0.1, 0.15) is 18.1 Å². The minimum atomic E-state index is -0.159. The standard InChI is InChI=1S/C28H22ClN5O2S/c29-21-9-13-23(14-10-21)34-27(25-8-4-5-17-30-25)32-33-28(34)37-19-26(35)31-22-11-15-24(16-12-22)36-18-20-6-2-1-3-7-20/h1-17H,18-19H2,(H,31,35). The highest BCUT2D eigenvalue weighted by Crippen LogP contribution is 2.28. The number of ether oxygens (including phenoxy) is 1. The first kappa shape index (κ1) is 24.5. The molecule has 9 heteroatoms. The summed E-state index contributed by atoms with van der Waals surface area (Å²) in [5.41, 5.74) is 3.28. The zero-order valence-electron chi connectivity index (χ0n) is 19.6. The molecule has 184 valence electrons. The molecule has 3 aromatic carbocycles. The summed E-state index contributed by atoms with van der Waals surface area (Å²) in [4.78, 5) is 17.1. The van der Waals surface area contributed by atoms with Gasteiger partial charge in [-0.2, -0.15) is 0 Å². The lowest BCUT2D eigenvalue weighted by Gasteiger charge is -2.11. The van der Waals surface area contributed by atoms with E-state index < -0.39 is 0 Å². The molecule has 0 radical (unpaired) electrons. The van der Waals surface area contributed by atoms with Crippen LogP contribution in [0.2, 0.25) is 5.02 Å². The number of hydrogen-bond acceptors (Lipinski definition) is 6. The molecule has 0 unspecified atom stereocenters. The number of carbonyl (C=O) groups excluding carboxylic acids is 1. The van der Waals surface area contributed by atoms with Gasteiger partial charge >= 0.3 is 0 Å². The maximum Gasteiger partial charge on any atom is 0.234 e. The van der Waals surface area contributed by atoms with Gasteiger partial charge < -0.3 is 10.1 Å². The van der Waals surface area contributed by atoms with Crippen molar-refractivity contribution in [2.45, 2.75) is 11.8 Å². The lowest BCUT2D eigenvalue weighted by Crippen LogP contribution is -2.14. The van der Waals surface area contributed by atoms with E-state index in [4.69, 9.17) is 16.3 Å². The second-order valence-electron chi connectivity index (χ2n) is 7.97. The Bertz CT molecular complexity index is 1460. The summed E-state index contributed by atoms with van der Waals surface area (Å²) in [5, 5.41) is 12.8. The number of amides is 1. The molecule has 0 aliphatic heterocycles. The molecular weight excluding hydrogens is 506 g/mol. The van der Waals surface area contributed by atoms with Crippen LogP contribution in [0, 0.1) is 0 Å². The van der Waals surface area contributed by atoms with E-state index in [0.717, 1.165) is 17.0 Å². The van der Waals surface area contributed by atoms with Crippen LogP contribution in [0.3, 0.4) is 0 Å². The van der Waals surface area contributed by atoms with Gasteiger partial charge in [0.15, 0.2) is 11.0 Å². The average Bonchev–Trinajstić information content (AvgIpc) is 3.37. The fourth-order valence-electron chi connectivity index (χ4n) is 3.55. The lowest BCUT2D eigenvalue weighted by molar-refractivity contribution is -0.113. The third kappa shape index (κ3) is 6.35. The zero-order chi connectivity index (χ0) is 25.5. The Kier molecular flexibility index (Phi) is 7.78. The van der Waals surface area contributed by atoms with Gasteiger partial charge in [-0.3, -0.25) is 14.3 Å². The van der Waals surface area contributed by atoms with Crippen LogP contribution >= 0.6 is 23.4 Å². The van der Waals surface area contributed by atoms with Crippen molar-refractivity contribution in [2.75, 3.05) is 11.1 Å². The molecule has 5 aromatic rings. The highest BCUT2D eigenvalue weighted by Gasteiger charge is 2.18. The van der Waals surface area contributed by atoms with Crippen molar-refractivity contribution in [2.24, 2.45) is 0 Å². The molecule has 37 heavy (non-hydrogen) atoms. The number of nitrogens with one attached hydrogen (secondary N) is 1. The molecule has 5 rings (SSSR count). The zero-order valence-corrected chi connectivity index (χ0v) is 21.2. The predicted molar refractivity (Wildman–Crippen MR) is 146 cm³/mol. The summed E-state index contributed by atoms with van der Waals surface area (Å²) >= 11 is 7.38. The predicted octanol–water partition coefficient (Wildman–Crippen LogP) is 6.29. The molecule has 0 spiro atoms. The smallest absolute Gasteiger partial charge is 0.234 e.